The summed E-state index contributed by atoms with van der Waals surface area (Å²) < 4.78 is 11.3. The molecule has 4 aliphatic rings. The molecule has 0 saturated carbocycles. The third-order valence-corrected chi connectivity index (χ3v) is 9.13. The summed E-state index contributed by atoms with van der Waals surface area (Å²) in [4.78, 5) is 22.8. The number of ketones is 1. The number of piperazine rings is 1. The second-order valence-corrected chi connectivity index (χ2v) is 10.9. The molecule has 3 saturated heterocycles. The number of ether oxygens (including phenoxy) is 2. The van der Waals surface area contributed by atoms with Crippen LogP contribution in [-0.4, -0.2) is 74.3 Å². The van der Waals surface area contributed by atoms with Crippen LogP contribution in [0.25, 0.3) is 10.9 Å². The summed E-state index contributed by atoms with van der Waals surface area (Å²) in [5.74, 6) is 0.0918. The van der Waals surface area contributed by atoms with Crippen molar-refractivity contribution in [2.24, 2.45) is 0 Å². The smallest absolute Gasteiger partial charge is 0.195 e. The summed E-state index contributed by atoms with van der Waals surface area (Å²) in [5.41, 5.74) is 7.44. The maximum Gasteiger partial charge on any atom is 0.195 e. The molecule has 190 valence electrons. The summed E-state index contributed by atoms with van der Waals surface area (Å²) in [5, 5.41) is 10.4. The first kappa shape index (κ1) is 23.0. The zero-order chi connectivity index (χ0) is 25.1. The van der Waals surface area contributed by atoms with Crippen LogP contribution >= 0.6 is 0 Å². The highest BCUT2D eigenvalue weighted by atomic mass is 16.5. The van der Waals surface area contributed by atoms with Crippen molar-refractivity contribution in [1.29, 1.82) is 5.26 Å². The number of benzene rings is 2. The van der Waals surface area contributed by atoms with Crippen LogP contribution in [0.15, 0.2) is 30.3 Å². The number of aryl methyl sites for hydroxylation is 1. The summed E-state index contributed by atoms with van der Waals surface area (Å²) in [6.07, 6.45) is 2.55. The number of nitrogens with zero attached hydrogens (tertiary/aromatic N) is 3. The quantitative estimate of drug-likeness (QED) is 0.595. The van der Waals surface area contributed by atoms with E-state index in [4.69, 9.17) is 9.47 Å². The molecule has 3 fully saturated rings. The third-order valence-electron chi connectivity index (χ3n) is 9.13. The molecule has 0 atom stereocenters. The van der Waals surface area contributed by atoms with Gasteiger partial charge in [-0.05, 0) is 54.7 Å². The number of aromatic amines is 1. The molecule has 7 heteroatoms. The van der Waals surface area contributed by atoms with E-state index in [0.29, 0.717) is 24.8 Å². The molecule has 1 N–H and O–H groups in total. The monoisotopic (exact) mass is 496 g/mol. The average Bonchev–Trinajstić information content (AvgIpc) is 3.31. The Bertz CT molecular complexity index is 1430. The fraction of sp³-hybridized carbons (Fsp3) is 0.467. The van der Waals surface area contributed by atoms with Crippen LogP contribution in [0.1, 0.15) is 58.1 Å². The van der Waals surface area contributed by atoms with Gasteiger partial charge in [0.25, 0.3) is 0 Å². The second kappa shape index (κ2) is 8.70. The largest absolute Gasteiger partial charge is 0.381 e. The van der Waals surface area contributed by atoms with E-state index < -0.39 is 0 Å². The van der Waals surface area contributed by atoms with Gasteiger partial charge in [-0.15, -0.1) is 0 Å². The van der Waals surface area contributed by atoms with Gasteiger partial charge in [-0.25, -0.2) is 0 Å². The maximum atomic E-state index is 14.1. The zero-order valence-electron chi connectivity index (χ0n) is 21.3. The summed E-state index contributed by atoms with van der Waals surface area (Å²) in [7, 11) is 0. The summed E-state index contributed by atoms with van der Waals surface area (Å²) in [6, 6.07) is 12.9. The third kappa shape index (κ3) is 3.40. The molecule has 1 spiro atoms. The number of hydrogen-bond donors (Lipinski definition) is 1. The minimum absolute atomic E-state index is 0.0918. The van der Waals surface area contributed by atoms with E-state index in [0.717, 1.165) is 91.9 Å². The van der Waals surface area contributed by atoms with Gasteiger partial charge in [0.2, 0.25) is 0 Å². The van der Waals surface area contributed by atoms with Crippen molar-refractivity contribution < 1.29 is 14.3 Å². The highest BCUT2D eigenvalue weighted by molar-refractivity contribution is 6.20. The maximum absolute atomic E-state index is 14.1. The van der Waals surface area contributed by atoms with Crippen LogP contribution < -0.4 is 4.90 Å². The molecule has 3 aliphatic heterocycles. The molecule has 0 radical (unpaired) electrons. The Labute approximate surface area is 216 Å². The van der Waals surface area contributed by atoms with Crippen LogP contribution in [-0.2, 0) is 21.3 Å². The standard InChI is InChI=1S/C30H32N4O3/c1-2-20-14-23-24(15-26(20)34-9-7-33(8-10-34)21-17-37-18-21)30(5-11-36-12-6-30)29-27(28(23)35)22-4-3-19(16-31)13-25(22)32-29/h3-4,13-15,21,32H,2,5-12,17-18H2,1H3. The molecule has 7 rings (SSSR count). The molecule has 7 nitrogen and oxygen atoms in total. The number of fused-ring (bicyclic) bond motifs is 6. The lowest BCUT2D eigenvalue weighted by molar-refractivity contribution is -0.0660. The summed E-state index contributed by atoms with van der Waals surface area (Å²) in [6.45, 7) is 9.28. The molecule has 4 heterocycles. The molecule has 1 aliphatic carbocycles. The van der Waals surface area contributed by atoms with Crippen molar-refractivity contribution in [3.8, 4) is 6.07 Å². The Balaban J connectivity index is 1.36. The lowest BCUT2D eigenvalue weighted by Crippen LogP contribution is -2.56. The lowest BCUT2D eigenvalue weighted by Gasteiger charge is -2.45. The number of carbonyl (C=O) groups is 1. The van der Waals surface area contributed by atoms with Gasteiger partial charge >= 0.3 is 0 Å². The molecule has 0 amide bonds. The second-order valence-electron chi connectivity index (χ2n) is 10.9. The Morgan fingerprint density at radius 3 is 2.54 bits per heavy atom. The van der Waals surface area contributed by atoms with Gasteiger partial charge in [0.05, 0.1) is 36.5 Å². The Morgan fingerprint density at radius 2 is 1.86 bits per heavy atom. The van der Waals surface area contributed by atoms with Crippen LogP contribution in [0.5, 0.6) is 0 Å². The first-order chi connectivity index (χ1) is 18.1. The molecule has 37 heavy (non-hydrogen) atoms. The van der Waals surface area contributed by atoms with Crippen molar-refractivity contribution in [2.45, 2.75) is 37.6 Å². The van der Waals surface area contributed by atoms with E-state index in [9.17, 15) is 10.1 Å². The number of nitriles is 1. The van der Waals surface area contributed by atoms with Crippen LogP contribution in [0.4, 0.5) is 5.69 Å². The number of rotatable bonds is 3. The van der Waals surface area contributed by atoms with E-state index in [1.165, 1.54) is 11.3 Å². The first-order valence-corrected chi connectivity index (χ1v) is 13.6. The topological polar surface area (TPSA) is 81.6 Å². The van der Waals surface area contributed by atoms with Crippen LogP contribution in [0.2, 0.25) is 0 Å². The minimum Gasteiger partial charge on any atom is -0.381 e. The SMILES string of the molecule is CCc1cc2c(cc1N1CCN(C3COC3)CC1)C1(CCOCC1)c1[nH]c3cc(C#N)ccc3c1C2=O. The van der Waals surface area contributed by atoms with Crippen molar-refractivity contribution >= 4 is 22.4 Å². The molecular weight excluding hydrogens is 464 g/mol. The molecule has 2 aromatic carbocycles. The van der Waals surface area contributed by atoms with Gasteiger partial charge in [-0.3, -0.25) is 9.69 Å². The molecular formula is C30H32N4O3. The predicted molar refractivity (Wildman–Crippen MR) is 141 cm³/mol. The highest BCUT2D eigenvalue weighted by Gasteiger charge is 2.47. The summed E-state index contributed by atoms with van der Waals surface area (Å²) >= 11 is 0. The van der Waals surface area contributed by atoms with Crippen molar-refractivity contribution in [1.82, 2.24) is 9.88 Å². The average molecular weight is 497 g/mol. The number of nitrogens with one attached hydrogen (secondary N) is 1. The predicted octanol–water partition coefficient (Wildman–Crippen LogP) is 3.76. The van der Waals surface area contributed by atoms with Crippen LogP contribution in [0.3, 0.4) is 0 Å². The first-order valence-electron chi connectivity index (χ1n) is 13.6. The van der Waals surface area contributed by atoms with E-state index in [1.54, 1.807) is 0 Å². The number of H-pyrrole nitrogens is 1. The minimum atomic E-state index is -0.297. The lowest BCUT2D eigenvalue weighted by atomic mass is 9.64. The Morgan fingerprint density at radius 1 is 1.08 bits per heavy atom. The van der Waals surface area contributed by atoms with Gasteiger partial charge in [-0.1, -0.05) is 13.0 Å². The van der Waals surface area contributed by atoms with Crippen molar-refractivity contribution in [3.05, 3.63) is 63.8 Å². The fourth-order valence-corrected chi connectivity index (χ4v) is 6.93. The Kier molecular flexibility index (Phi) is 5.40. The van der Waals surface area contributed by atoms with E-state index in [1.807, 2.05) is 18.2 Å². The number of aromatic nitrogens is 1. The normalized spacial score (nSPS) is 21.5. The fourth-order valence-electron chi connectivity index (χ4n) is 6.93. The van der Waals surface area contributed by atoms with Gasteiger partial charge in [-0.2, -0.15) is 5.26 Å². The number of anilines is 1. The zero-order valence-corrected chi connectivity index (χ0v) is 21.3. The van der Waals surface area contributed by atoms with E-state index >= 15 is 0 Å². The Hall–Kier alpha value is -3.18. The molecule has 1 aromatic heterocycles. The highest BCUT2D eigenvalue weighted by Crippen LogP contribution is 2.50. The number of hydrogen-bond acceptors (Lipinski definition) is 6. The van der Waals surface area contributed by atoms with Gasteiger partial charge in [0, 0.05) is 72.7 Å². The van der Waals surface area contributed by atoms with Gasteiger partial charge in [0.1, 0.15) is 0 Å². The van der Waals surface area contributed by atoms with E-state index in [-0.39, 0.29) is 11.2 Å². The molecule has 0 bridgehead atoms. The van der Waals surface area contributed by atoms with Crippen LogP contribution in [0, 0.1) is 11.3 Å². The van der Waals surface area contributed by atoms with E-state index in [2.05, 4.69) is 39.9 Å². The van der Waals surface area contributed by atoms with Gasteiger partial charge < -0.3 is 19.4 Å². The van der Waals surface area contributed by atoms with Gasteiger partial charge in [0.15, 0.2) is 5.78 Å². The molecule has 0 unspecified atom stereocenters. The molecule has 3 aromatic rings. The van der Waals surface area contributed by atoms with Crippen molar-refractivity contribution in [2.75, 3.05) is 57.5 Å². The van der Waals surface area contributed by atoms with Crippen molar-refractivity contribution in [3.63, 3.8) is 0 Å². The number of carbonyl (C=O) groups excluding carboxylic acids is 1.